The Morgan fingerprint density at radius 1 is 1.12 bits per heavy atom. The summed E-state index contributed by atoms with van der Waals surface area (Å²) in [5.41, 5.74) is -0.0913. The number of hydrogen-bond donors (Lipinski definition) is 0. The van der Waals surface area contributed by atoms with Gasteiger partial charge in [-0.1, -0.05) is 18.2 Å². The van der Waals surface area contributed by atoms with Crippen LogP contribution in [0.25, 0.3) is 27.8 Å². The average Bonchev–Trinajstić information content (AvgIpc) is 3.54. The second-order valence-corrected chi connectivity index (χ2v) is 9.23. The number of nitrogens with zero attached hydrogens (tertiary/aromatic N) is 7. The van der Waals surface area contributed by atoms with Gasteiger partial charge in [0.15, 0.2) is 5.65 Å². The highest BCUT2D eigenvalue weighted by Gasteiger charge is 2.39. The highest BCUT2D eigenvalue weighted by atomic mass is 32.2. The van der Waals surface area contributed by atoms with Crippen LogP contribution in [0.4, 0.5) is 13.2 Å². The summed E-state index contributed by atoms with van der Waals surface area (Å²) in [6.07, 6.45) is 0.00329. The molecule has 1 unspecified atom stereocenters. The van der Waals surface area contributed by atoms with Gasteiger partial charge in [0.2, 0.25) is 5.82 Å². The topological polar surface area (TPSA) is 111 Å². The van der Waals surface area contributed by atoms with E-state index < -0.39 is 28.1 Å². The molecule has 0 spiro atoms. The van der Waals surface area contributed by atoms with Crippen LogP contribution in [0.1, 0.15) is 18.8 Å². The number of benzene rings is 1. The van der Waals surface area contributed by atoms with Crippen molar-refractivity contribution in [1.29, 1.82) is 5.26 Å². The molecule has 0 aliphatic carbocycles. The summed E-state index contributed by atoms with van der Waals surface area (Å²) in [5.74, 6) is -1.22. The summed E-state index contributed by atoms with van der Waals surface area (Å²) in [4.78, 5) is 7.85. The highest BCUT2D eigenvalue weighted by Crippen LogP contribution is 2.36. The van der Waals surface area contributed by atoms with Crippen LogP contribution in [0.5, 0.6) is 0 Å². The van der Waals surface area contributed by atoms with Gasteiger partial charge in [0.1, 0.15) is 11.6 Å². The number of hydrogen-bond acceptors (Lipinski definition) is 6. The van der Waals surface area contributed by atoms with E-state index in [4.69, 9.17) is 5.26 Å². The van der Waals surface area contributed by atoms with E-state index in [0.29, 0.717) is 0 Å². The molecule has 0 aliphatic rings. The maximum Gasteiger partial charge on any atom is 0.450 e. The molecule has 0 saturated heterocycles. The van der Waals surface area contributed by atoms with Crippen molar-refractivity contribution < 1.29 is 21.6 Å². The Hall–Kier alpha value is -4.18. The summed E-state index contributed by atoms with van der Waals surface area (Å²) in [7, 11) is -4.05. The molecule has 0 fully saturated rings. The Bertz CT molecular complexity index is 1690. The number of nitriles is 1. The summed E-state index contributed by atoms with van der Waals surface area (Å²) in [5, 5.41) is 13.3. The lowest BCUT2D eigenvalue weighted by atomic mass is 10.3. The molecule has 0 radical (unpaired) electrons. The van der Waals surface area contributed by atoms with E-state index in [1.807, 2.05) is 6.07 Å². The summed E-state index contributed by atoms with van der Waals surface area (Å²) < 4.78 is 71.1. The van der Waals surface area contributed by atoms with Crippen LogP contribution in [-0.2, 0) is 16.2 Å². The molecule has 0 amide bonds. The standard InChI is InChI=1S/C21H14F3N7O2S/c1-13(9-25)29-12-14(10-27-29)31-18-16-7-8-30(34(32,33)15-5-3-2-4-6-15)19(16)26-11-17(18)28-20(31)21(22,23)24/h2-8,10-13H,1H3. The first-order chi connectivity index (χ1) is 16.1. The number of rotatable bonds is 4. The molecule has 1 atom stereocenters. The molecule has 0 aliphatic heterocycles. The Balaban J connectivity index is 1.82. The van der Waals surface area contributed by atoms with E-state index in [1.54, 1.807) is 25.1 Å². The molecule has 4 aromatic heterocycles. The largest absolute Gasteiger partial charge is 0.450 e. The van der Waals surface area contributed by atoms with Gasteiger partial charge in [-0.15, -0.1) is 0 Å². The number of fused-ring (bicyclic) bond motifs is 3. The van der Waals surface area contributed by atoms with Crippen molar-refractivity contribution in [3.63, 3.8) is 0 Å². The van der Waals surface area contributed by atoms with Crippen molar-refractivity contribution in [3.05, 3.63) is 67.0 Å². The van der Waals surface area contributed by atoms with E-state index in [1.165, 1.54) is 41.5 Å². The van der Waals surface area contributed by atoms with Crippen molar-refractivity contribution in [3.8, 4) is 11.8 Å². The third-order valence-electron chi connectivity index (χ3n) is 5.28. The fourth-order valence-electron chi connectivity index (χ4n) is 3.68. The van der Waals surface area contributed by atoms with Gasteiger partial charge < -0.3 is 0 Å². The lowest BCUT2D eigenvalue weighted by Gasteiger charge is -2.10. The maximum atomic E-state index is 13.9. The normalized spacial score (nSPS) is 13.4. The second kappa shape index (κ2) is 7.42. The van der Waals surface area contributed by atoms with Crippen LogP contribution < -0.4 is 0 Å². The fraction of sp³-hybridized carbons (Fsp3) is 0.143. The lowest BCUT2D eigenvalue weighted by molar-refractivity contribution is -0.145. The SMILES string of the molecule is CC(C#N)n1cc(-n2c(C(F)(F)F)nc3cnc4c(ccn4S(=O)(=O)c4ccccc4)c32)cn1. The molecule has 172 valence electrons. The number of halogens is 3. The molecule has 5 aromatic rings. The van der Waals surface area contributed by atoms with E-state index in [9.17, 15) is 21.6 Å². The Labute approximate surface area is 190 Å². The summed E-state index contributed by atoms with van der Waals surface area (Å²) in [6, 6.07) is 10.3. The number of imidazole rings is 1. The fourth-order valence-corrected chi connectivity index (χ4v) is 5.00. The zero-order valence-electron chi connectivity index (χ0n) is 17.3. The second-order valence-electron chi connectivity index (χ2n) is 7.41. The third-order valence-corrected chi connectivity index (χ3v) is 6.96. The maximum absolute atomic E-state index is 13.9. The van der Waals surface area contributed by atoms with Crippen molar-refractivity contribution in [2.75, 3.05) is 0 Å². The number of pyridine rings is 1. The van der Waals surface area contributed by atoms with Crippen LogP contribution >= 0.6 is 0 Å². The molecule has 1 aromatic carbocycles. The summed E-state index contributed by atoms with van der Waals surface area (Å²) >= 11 is 0. The third kappa shape index (κ3) is 3.22. The molecule has 9 nitrogen and oxygen atoms in total. The van der Waals surface area contributed by atoms with Gasteiger partial charge in [-0.05, 0) is 25.1 Å². The molecule has 34 heavy (non-hydrogen) atoms. The molecule has 0 saturated carbocycles. The minimum atomic E-state index is -4.83. The first-order valence-corrected chi connectivity index (χ1v) is 11.3. The molecular weight excluding hydrogens is 471 g/mol. The lowest BCUT2D eigenvalue weighted by Crippen LogP contribution is -2.14. The Kier molecular flexibility index (Phi) is 4.73. The molecule has 0 bridgehead atoms. The van der Waals surface area contributed by atoms with E-state index >= 15 is 0 Å². The van der Waals surface area contributed by atoms with Gasteiger partial charge >= 0.3 is 6.18 Å². The molecule has 5 rings (SSSR count). The minimum Gasteiger partial charge on any atom is -0.285 e. The first kappa shape index (κ1) is 21.7. The number of alkyl halides is 3. The van der Waals surface area contributed by atoms with Crippen molar-refractivity contribution in [2.24, 2.45) is 0 Å². The van der Waals surface area contributed by atoms with E-state index in [0.717, 1.165) is 14.7 Å². The van der Waals surface area contributed by atoms with Gasteiger partial charge in [-0.3, -0.25) is 9.25 Å². The average molecular weight is 485 g/mol. The van der Waals surface area contributed by atoms with Gasteiger partial charge in [0.25, 0.3) is 10.0 Å². The molecular formula is C21H14F3N7O2S. The molecule has 0 N–H and O–H groups in total. The van der Waals surface area contributed by atoms with Gasteiger partial charge in [-0.2, -0.15) is 23.5 Å². The number of aromatic nitrogens is 6. The van der Waals surface area contributed by atoms with E-state index in [2.05, 4.69) is 15.1 Å². The van der Waals surface area contributed by atoms with Crippen LogP contribution in [0.15, 0.2) is 66.1 Å². The van der Waals surface area contributed by atoms with Crippen molar-refractivity contribution >= 4 is 32.1 Å². The zero-order valence-corrected chi connectivity index (χ0v) is 18.2. The van der Waals surface area contributed by atoms with Gasteiger partial charge in [0, 0.05) is 11.6 Å². The smallest absolute Gasteiger partial charge is 0.285 e. The van der Waals surface area contributed by atoms with E-state index in [-0.39, 0.29) is 32.6 Å². The Morgan fingerprint density at radius 2 is 1.85 bits per heavy atom. The van der Waals surface area contributed by atoms with Crippen LogP contribution in [0.3, 0.4) is 0 Å². The van der Waals surface area contributed by atoms with Crippen LogP contribution in [0.2, 0.25) is 0 Å². The summed E-state index contributed by atoms with van der Waals surface area (Å²) in [6.45, 7) is 1.55. The quantitative estimate of drug-likeness (QED) is 0.382. The first-order valence-electron chi connectivity index (χ1n) is 9.83. The van der Waals surface area contributed by atoms with Crippen LogP contribution in [-0.4, -0.2) is 36.7 Å². The Morgan fingerprint density at radius 3 is 2.53 bits per heavy atom. The van der Waals surface area contributed by atoms with Crippen LogP contribution in [0, 0.1) is 11.3 Å². The van der Waals surface area contributed by atoms with Gasteiger partial charge in [-0.25, -0.2) is 22.4 Å². The predicted octanol–water partition coefficient (Wildman–Crippen LogP) is 3.91. The highest BCUT2D eigenvalue weighted by molar-refractivity contribution is 7.90. The zero-order chi connectivity index (χ0) is 24.3. The predicted molar refractivity (Wildman–Crippen MR) is 114 cm³/mol. The molecule has 4 heterocycles. The van der Waals surface area contributed by atoms with Crippen molar-refractivity contribution in [2.45, 2.75) is 24.0 Å². The van der Waals surface area contributed by atoms with Crippen molar-refractivity contribution in [1.82, 2.24) is 28.3 Å². The minimum absolute atomic E-state index is 0.00523. The monoisotopic (exact) mass is 485 g/mol. The molecule has 13 heteroatoms. The van der Waals surface area contributed by atoms with Gasteiger partial charge in [0.05, 0.1) is 40.8 Å².